The normalized spacial score (nSPS) is 11.6. The van der Waals surface area contributed by atoms with Crippen molar-refractivity contribution in [3.05, 3.63) is 47.5 Å². The van der Waals surface area contributed by atoms with Gasteiger partial charge in [-0.25, -0.2) is 0 Å². The van der Waals surface area contributed by atoms with Gasteiger partial charge >= 0.3 is 13.0 Å². The van der Waals surface area contributed by atoms with Gasteiger partial charge in [-0.1, -0.05) is 23.7 Å². The second kappa shape index (κ2) is 6.39. The number of ether oxygens (including phenoxy) is 2. The molecular weight excluding hydrogens is 331 g/mol. The van der Waals surface area contributed by atoms with Crippen molar-refractivity contribution in [2.24, 2.45) is 0 Å². The summed E-state index contributed by atoms with van der Waals surface area (Å²) in [6, 6.07) is 8.89. The van der Waals surface area contributed by atoms with E-state index < -0.39 is 18.7 Å². The highest BCUT2D eigenvalue weighted by Crippen LogP contribution is 2.32. The van der Waals surface area contributed by atoms with E-state index in [9.17, 15) is 22.0 Å². The summed E-state index contributed by atoms with van der Waals surface area (Å²) in [4.78, 5) is 0. The Morgan fingerprint density at radius 3 is 2.23 bits per heavy atom. The minimum atomic E-state index is -4.82. The molecule has 0 aliphatic carbocycles. The van der Waals surface area contributed by atoms with Crippen LogP contribution in [-0.2, 0) is 0 Å². The monoisotopic (exact) mass is 338 g/mol. The standard InChI is InChI=1S/C14H8ClF5O2/c15-10-4-9(6-12(7-10)21-13(16)17)8-2-1-3-11(5-8)22-14(18,19)20/h1-7,13H. The van der Waals surface area contributed by atoms with Crippen LogP contribution in [0.2, 0.25) is 5.02 Å². The molecule has 0 unspecified atom stereocenters. The van der Waals surface area contributed by atoms with Crippen LogP contribution in [-0.4, -0.2) is 13.0 Å². The van der Waals surface area contributed by atoms with Crippen LogP contribution in [0.4, 0.5) is 22.0 Å². The minimum Gasteiger partial charge on any atom is -0.435 e. The summed E-state index contributed by atoms with van der Waals surface area (Å²) in [5.74, 6) is -0.624. The van der Waals surface area contributed by atoms with E-state index in [1.807, 2.05) is 0 Å². The molecule has 0 N–H and O–H groups in total. The van der Waals surface area contributed by atoms with E-state index in [1.54, 1.807) is 0 Å². The Hall–Kier alpha value is -2.02. The molecule has 8 heteroatoms. The van der Waals surface area contributed by atoms with Gasteiger partial charge in [0.2, 0.25) is 0 Å². The quantitative estimate of drug-likeness (QED) is 0.685. The van der Waals surface area contributed by atoms with Gasteiger partial charge in [-0.05, 0) is 41.5 Å². The maximum atomic E-state index is 12.2. The second-order valence-electron chi connectivity index (χ2n) is 4.13. The van der Waals surface area contributed by atoms with E-state index in [0.717, 1.165) is 12.1 Å². The van der Waals surface area contributed by atoms with Crippen molar-refractivity contribution < 1.29 is 31.4 Å². The summed E-state index contributed by atoms with van der Waals surface area (Å²) in [6.07, 6.45) is -4.82. The van der Waals surface area contributed by atoms with Crippen molar-refractivity contribution in [1.29, 1.82) is 0 Å². The fourth-order valence-corrected chi connectivity index (χ4v) is 2.00. The maximum absolute atomic E-state index is 12.2. The fraction of sp³-hybridized carbons (Fsp3) is 0.143. The first kappa shape index (κ1) is 16.4. The molecule has 0 radical (unpaired) electrons. The molecule has 0 aromatic heterocycles. The lowest BCUT2D eigenvalue weighted by atomic mass is 10.1. The molecule has 0 atom stereocenters. The topological polar surface area (TPSA) is 18.5 Å². The van der Waals surface area contributed by atoms with Gasteiger partial charge in [0.15, 0.2) is 0 Å². The lowest BCUT2D eigenvalue weighted by Crippen LogP contribution is -2.17. The van der Waals surface area contributed by atoms with Crippen LogP contribution in [0.25, 0.3) is 11.1 Å². The van der Waals surface area contributed by atoms with Crippen molar-refractivity contribution in [3.63, 3.8) is 0 Å². The third-order valence-electron chi connectivity index (χ3n) is 2.50. The lowest BCUT2D eigenvalue weighted by molar-refractivity contribution is -0.274. The summed E-state index contributed by atoms with van der Waals surface area (Å²) in [5.41, 5.74) is 0.624. The van der Waals surface area contributed by atoms with Crippen molar-refractivity contribution in [2.75, 3.05) is 0 Å². The van der Waals surface area contributed by atoms with Crippen molar-refractivity contribution in [1.82, 2.24) is 0 Å². The van der Waals surface area contributed by atoms with Gasteiger partial charge in [-0.2, -0.15) is 8.78 Å². The van der Waals surface area contributed by atoms with Gasteiger partial charge in [0.05, 0.1) is 0 Å². The van der Waals surface area contributed by atoms with E-state index >= 15 is 0 Å². The summed E-state index contributed by atoms with van der Waals surface area (Å²) in [7, 11) is 0. The van der Waals surface area contributed by atoms with Crippen LogP contribution in [0, 0.1) is 0 Å². The van der Waals surface area contributed by atoms with Gasteiger partial charge in [-0.15, -0.1) is 13.2 Å². The first-order chi connectivity index (χ1) is 10.2. The summed E-state index contributed by atoms with van der Waals surface area (Å²) < 4.78 is 69.1. The zero-order valence-corrected chi connectivity index (χ0v) is 11.5. The largest absolute Gasteiger partial charge is 0.573 e. The van der Waals surface area contributed by atoms with Crippen LogP contribution in [0.5, 0.6) is 11.5 Å². The molecular formula is C14H8ClF5O2. The highest BCUT2D eigenvalue weighted by atomic mass is 35.5. The van der Waals surface area contributed by atoms with E-state index in [-0.39, 0.29) is 10.8 Å². The van der Waals surface area contributed by atoms with Crippen molar-refractivity contribution in [3.8, 4) is 22.6 Å². The summed E-state index contributed by atoms with van der Waals surface area (Å²) in [6.45, 7) is -3.04. The Morgan fingerprint density at radius 2 is 1.59 bits per heavy atom. The minimum absolute atomic E-state index is 0.107. The Labute approximate surface area is 127 Å². The second-order valence-corrected chi connectivity index (χ2v) is 4.57. The van der Waals surface area contributed by atoms with E-state index in [2.05, 4.69) is 9.47 Å². The number of rotatable bonds is 4. The number of alkyl halides is 5. The van der Waals surface area contributed by atoms with Gasteiger partial charge in [0, 0.05) is 5.02 Å². The molecule has 22 heavy (non-hydrogen) atoms. The predicted octanol–water partition coefficient (Wildman–Crippen LogP) is 5.51. The fourth-order valence-electron chi connectivity index (χ4n) is 1.77. The SMILES string of the molecule is FC(F)Oc1cc(Cl)cc(-c2cccc(OC(F)(F)F)c2)c1. The smallest absolute Gasteiger partial charge is 0.435 e. The van der Waals surface area contributed by atoms with Crippen LogP contribution in [0.15, 0.2) is 42.5 Å². The molecule has 0 fully saturated rings. The number of halogens is 6. The molecule has 0 bridgehead atoms. The average Bonchev–Trinajstić information content (AvgIpc) is 2.35. The summed E-state index contributed by atoms with van der Waals surface area (Å²) >= 11 is 5.79. The Morgan fingerprint density at radius 1 is 0.909 bits per heavy atom. The molecule has 0 aliphatic rings. The molecule has 0 amide bonds. The molecule has 0 heterocycles. The van der Waals surface area contributed by atoms with Gasteiger partial charge < -0.3 is 9.47 Å². The van der Waals surface area contributed by atoms with Crippen LogP contribution >= 0.6 is 11.6 Å². The molecule has 0 saturated carbocycles. The molecule has 2 rings (SSSR count). The number of benzene rings is 2. The Kier molecular flexibility index (Phi) is 4.75. The molecule has 2 aromatic rings. The zero-order valence-electron chi connectivity index (χ0n) is 10.7. The molecule has 2 aromatic carbocycles. The molecule has 0 spiro atoms. The number of hydrogen-bond acceptors (Lipinski definition) is 2. The molecule has 2 nitrogen and oxygen atoms in total. The summed E-state index contributed by atoms with van der Waals surface area (Å²) in [5, 5.41) is 0.107. The highest BCUT2D eigenvalue weighted by molar-refractivity contribution is 6.31. The van der Waals surface area contributed by atoms with Crippen molar-refractivity contribution >= 4 is 11.6 Å². The number of hydrogen-bond donors (Lipinski definition) is 0. The van der Waals surface area contributed by atoms with Crippen LogP contribution in [0.1, 0.15) is 0 Å². The molecule has 118 valence electrons. The third kappa shape index (κ3) is 4.77. The Balaban J connectivity index is 2.35. The lowest BCUT2D eigenvalue weighted by Gasteiger charge is -2.11. The maximum Gasteiger partial charge on any atom is 0.573 e. The van der Waals surface area contributed by atoms with E-state index in [0.29, 0.717) is 11.1 Å². The third-order valence-corrected chi connectivity index (χ3v) is 2.72. The van der Waals surface area contributed by atoms with Gasteiger partial charge in [0.1, 0.15) is 11.5 Å². The average molecular weight is 339 g/mol. The Bertz CT molecular complexity index is 658. The first-order valence-electron chi connectivity index (χ1n) is 5.84. The predicted molar refractivity (Wildman–Crippen MR) is 70.2 cm³/mol. The van der Waals surface area contributed by atoms with E-state index in [1.165, 1.54) is 30.3 Å². The highest BCUT2D eigenvalue weighted by Gasteiger charge is 2.31. The first-order valence-corrected chi connectivity index (χ1v) is 6.22. The van der Waals surface area contributed by atoms with Crippen LogP contribution in [0.3, 0.4) is 0 Å². The van der Waals surface area contributed by atoms with Gasteiger partial charge in [-0.3, -0.25) is 0 Å². The zero-order chi connectivity index (χ0) is 16.3. The van der Waals surface area contributed by atoms with Gasteiger partial charge in [0.25, 0.3) is 0 Å². The van der Waals surface area contributed by atoms with Crippen LogP contribution < -0.4 is 9.47 Å². The van der Waals surface area contributed by atoms with E-state index in [4.69, 9.17) is 11.6 Å². The molecule has 0 saturated heterocycles. The van der Waals surface area contributed by atoms with Crippen molar-refractivity contribution in [2.45, 2.75) is 13.0 Å². The molecule has 0 aliphatic heterocycles.